The fourth-order valence-electron chi connectivity index (χ4n) is 2.24. The highest BCUT2D eigenvalue weighted by Gasteiger charge is 2.28. The zero-order valence-electron chi connectivity index (χ0n) is 13.0. The zero-order valence-corrected chi connectivity index (χ0v) is 13.0. The lowest BCUT2D eigenvalue weighted by Crippen LogP contribution is -2.30. The Morgan fingerprint density at radius 1 is 1.30 bits per heavy atom. The second kappa shape index (κ2) is 6.91. The average Bonchev–Trinajstić information content (AvgIpc) is 2.71. The van der Waals surface area contributed by atoms with E-state index in [1.165, 1.54) is 17.9 Å². The number of aliphatic hydroxyl groups is 1. The summed E-state index contributed by atoms with van der Waals surface area (Å²) >= 11 is 0. The molecule has 0 bridgehead atoms. The SMILES string of the molecule is CC1=CC(=O)N(Cc2cccc(CNC(=O)/C=C(/C)O)c2)C1=O. The number of carbonyl (C=O) groups excluding carboxylic acids is 3. The Hall–Kier alpha value is -2.89. The second-order valence-electron chi connectivity index (χ2n) is 5.38. The van der Waals surface area contributed by atoms with E-state index in [1.54, 1.807) is 13.0 Å². The van der Waals surface area contributed by atoms with Crippen molar-refractivity contribution in [1.29, 1.82) is 0 Å². The van der Waals surface area contributed by atoms with Crippen molar-refractivity contribution in [3.63, 3.8) is 0 Å². The highest BCUT2D eigenvalue weighted by Crippen LogP contribution is 2.16. The molecule has 120 valence electrons. The monoisotopic (exact) mass is 314 g/mol. The Balaban J connectivity index is 2.01. The fraction of sp³-hybridized carbons (Fsp3) is 0.235. The molecule has 0 radical (unpaired) electrons. The normalized spacial score (nSPS) is 15.0. The molecule has 0 aliphatic carbocycles. The Kier molecular flexibility index (Phi) is 4.95. The minimum Gasteiger partial charge on any atom is -0.512 e. The molecule has 1 aliphatic heterocycles. The van der Waals surface area contributed by atoms with E-state index >= 15 is 0 Å². The van der Waals surface area contributed by atoms with Gasteiger partial charge in [-0.05, 0) is 25.0 Å². The van der Waals surface area contributed by atoms with Crippen LogP contribution in [0.25, 0.3) is 0 Å². The smallest absolute Gasteiger partial charge is 0.256 e. The maximum atomic E-state index is 11.9. The molecule has 0 saturated heterocycles. The van der Waals surface area contributed by atoms with E-state index in [2.05, 4.69) is 5.32 Å². The summed E-state index contributed by atoms with van der Waals surface area (Å²) in [6.45, 7) is 3.52. The summed E-state index contributed by atoms with van der Waals surface area (Å²) in [5.74, 6) is -1.04. The van der Waals surface area contributed by atoms with Crippen LogP contribution in [0.5, 0.6) is 0 Å². The maximum absolute atomic E-state index is 11.9. The van der Waals surface area contributed by atoms with Gasteiger partial charge in [0, 0.05) is 24.3 Å². The number of hydrogen-bond donors (Lipinski definition) is 2. The highest BCUT2D eigenvalue weighted by molar-refractivity contribution is 6.15. The summed E-state index contributed by atoms with van der Waals surface area (Å²) in [6.07, 6.45) is 2.43. The molecule has 3 amide bonds. The Morgan fingerprint density at radius 3 is 2.61 bits per heavy atom. The lowest BCUT2D eigenvalue weighted by atomic mass is 10.1. The van der Waals surface area contributed by atoms with Crippen LogP contribution >= 0.6 is 0 Å². The van der Waals surface area contributed by atoms with Crippen molar-refractivity contribution >= 4 is 17.7 Å². The molecule has 0 spiro atoms. The van der Waals surface area contributed by atoms with Gasteiger partial charge in [0.05, 0.1) is 12.3 Å². The van der Waals surface area contributed by atoms with Gasteiger partial charge in [-0.1, -0.05) is 24.3 Å². The average molecular weight is 314 g/mol. The molecule has 0 aromatic heterocycles. The third kappa shape index (κ3) is 4.29. The van der Waals surface area contributed by atoms with Gasteiger partial charge in [-0.15, -0.1) is 0 Å². The molecule has 0 atom stereocenters. The Bertz CT molecular complexity index is 715. The van der Waals surface area contributed by atoms with Crippen LogP contribution in [0.4, 0.5) is 0 Å². The van der Waals surface area contributed by atoms with E-state index < -0.39 is 0 Å². The molecule has 2 rings (SSSR count). The number of hydrogen-bond acceptors (Lipinski definition) is 4. The van der Waals surface area contributed by atoms with Crippen molar-refractivity contribution in [2.75, 3.05) is 0 Å². The predicted molar refractivity (Wildman–Crippen MR) is 84.0 cm³/mol. The summed E-state index contributed by atoms with van der Waals surface area (Å²) in [4.78, 5) is 36.3. The summed E-state index contributed by atoms with van der Waals surface area (Å²) < 4.78 is 0. The van der Waals surface area contributed by atoms with Crippen LogP contribution in [-0.4, -0.2) is 27.7 Å². The third-order valence-electron chi connectivity index (χ3n) is 3.33. The standard InChI is InChI=1S/C17H18N2O4/c1-11-6-16(22)19(17(11)23)10-14-5-3-4-13(8-14)9-18-15(21)7-12(2)20/h3-8,20H,9-10H2,1-2H3,(H,18,21)/b12-7-. The minimum atomic E-state index is -0.389. The van der Waals surface area contributed by atoms with Crippen molar-refractivity contribution in [2.24, 2.45) is 0 Å². The van der Waals surface area contributed by atoms with E-state index in [1.807, 2.05) is 18.2 Å². The van der Waals surface area contributed by atoms with Gasteiger partial charge in [-0.2, -0.15) is 0 Å². The predicted octanol–water partition coefficient (Wildman–Crippen LogP) is 1.58. The van der Waals surface area contributed by atoms with Gasteiger partial charge in [0.2, 0.25) is 5.91 Å². The van der Waals surface area contributed by atoms with Gasteiger partial charge >= 0.3 is 0 Å². The number of allylic oxidation sites excluding steroid dienone is 1. The van der Waals surface area contributed by atoms with E-state index in [0.717, 1.165) is 17.2 Å². The molecule has 6 nitrogen and oxygen atoms in total. The number of imide groups is 1. The molecule has 0 unspecified atom stereocenters. The van der Waals surface area contributed by atoms with Crippen molar-refractivity contribution in [3.05, 3.63) is 58.9 Å². The molecule has 23 heavy (non-hydrogen) atoms. The van der Waals surface area contributed by atoms with Crippen molar-refractivity contribution in [1.82, 2.24) is 10.2 Å². The van der Waals surface area contributed by atoms with Crippen LogP contribution in [0.3, 0.4) is 0 Å². The fourth-order valence-corrected chi connectivity index (χ4v) is 2.24. The van der Waals surface area contributed by atoms with Gasteiger partial charge in [-0.25, -0.2) is 0 Å². The van der Waals surface area contributed by atoms with Gasteiger partial charge in [0.1, 0.15) is 0 Å². The van der Waals surface area contributed by atoms with Gasteiger partial charge < -0.3 is 10.4 Å². The number of carbonyl (C=O) groups is 3. The van der Waals surface area contributed by atoms with Crippen LogP contribution in [0, 0.1) is 0 Å². The number of aliphatic hydroxyl groups excluding tert-OH is 1. The first-order valence-corrected chi connectivity index (χ1v) is 7.14. The van der Waals surface area contributed by atoms with Gasteiger partial charge in [0.15, 0.2) is 0 Å². The quantitative estimate of drug-likeness (QED) is 0.491. The first kappa shape index (κ1) is 16.5. The minimum absolute atomic E-state index is 0.0646. The lowest BCUT2D eigenvalue weighted by molar-refractivity contribution is -0.137. The maximum Gasteiger partial charge on any atom is 0.256 e. The molecule has 1 heterocycles. The van der Waals surface area contributed by atoms with Crippen LogP contribution < -0.4 is 5.32 Å². The van der Waals surface area contributed by atoms with E-state index in [-0.39, 0.29) is 36.6 Å². The largest absolute Gasteiger partial charge is 0.512 e. The summed E-state index contributed by atoms with van der Waals surface area (Å²) in [5, 5.41) is 11.7. The number of nitrogens with one attached hydrogen (secondary N) is 1. The molecular formula is C17H18N2O4. The molecule has 0 fully saturated rings. The van der Waals surface area contributed by atoms with E-state index in [0.29, 0.717) is 5.57 Å². The molecule has 2 N–H and O–H groups in total. The Morgan fingerprint density at radius 2 is 2.00 bits per heavy atom. The number of nitrogens with zero attached hydrogens (tertiary/aromatic N) is 1. The highest BCUT2D eigenvalue weighted by atomic mass is 16.3. The van der Waals surface area contributed by atoms with Crippen molar-refractivity contribution in [3.8, 4) is 0 Å². The molecule has 1 aromatic carbocycles. The van der Waals surface area contributed by atoms with Crippen LogP contribution in [-0.2, 0) is 27.5 Å². The van der Waals surface area contributed by atoms with Gasteiger partial charge in [-0.3, -0.25) is 19.3 Å². The summed E-state index contributed by atoms with van der Waals surface area (Å²) in [5.41, 5.74) is 2.07. The third-order valence-corrected chi connectivity index (χ3v) is 3.33. The first-order valence-electron chi connectivity index (χ1n) is 7.14. The molecule has 1 aromatic rings. The topological polar surface area (TPSA) is 86.7 Å². The van der Waals surface area contributed by atoms with Crippen molar-refractivity contribution < 1.29 is 19.5 Å². The zero-order chi connectivity index (χ0) is 17.0. The second-order valence-corrected chi connectivity index (χ2v) is 5.38. The molecule has 6 heteroatoms. The van der Waals surface area contributed by atoms with E-state index in [9.17, 15) is 14.4 Å². The first-order chi connectivity index (χ1) is 10.9. The van der Waals surface area contributed by atoms with E-state index in [4.69, 9.17) is 5.11 Å². The van der Waals surface area contributed by atoms with Crippen molar-refractivity contribution in [2.45, 2.75) is 26.9 Å². The van der Waals surface area contributed by atoms with Crippen LogP contribution in [0.1, 0.15) is 25.0 Å². The lowest BCUT2D eigenvalue weighted by Gasteiger charge is -2.15. The molecular weight excluding hydrogens is 296 g/mol. The summed E-state index contributed by atoms with van der Waals surface area (Å²) in [7, 11) is 0. The summed E-state index contributed by atoms with van der Waals surface area (Å²) in [6, 6.07) is 7.27. The molecule has 1 aliphatic rings. The number of benzene rings is 1. The van der Waals surface area contributed by atoms with Gasteiger partial charge in [0.25, 0.3) is 11.8 Å². The van der Waals surface area contributed by atoms with Crippen LogP contribution in [0.2, 0.25) is 0 Å². The van der Waals surface area contributed by atoms with Crippen LogP contribution in [0.15, 0.2) is 47.7 Å². The number of amides is 3. The number of rotatable bonds is 5. The molecule has 0 saturated carbocycles. The Labute approximate surface area is 134 Å².